The van der Waals surface area contributed by atoms with Gasteiger partial charge in [0.05, 0.1) is 13.2 Å². The number of carbonyl (C=O) groups excluding carboxylic acids is 1. The minimum Gasteiger partial charge on any atom is -0.436 e. The lowest BCUT2D eigenvalue weighted by atomic mass is 10.2. The van der Waals surface area contributed by atoms with E-state index in [2.05, 4.69) is 25.5 Å². The monoisotopic (exact) mass is 548 g/mol. The number of anilines is 2. The van der Waals surface area contributed by atoms with Crippen LogP contribution in [0, 0.1) is 11.6 Å². The highest BCUT2D eigenvalue weighted by atomic mass is 19.1. The van der Waals surface area contributed by atoms with Gasteiger partial charge in [-0.2, -0.15) is 0 Å². The molecule has 1 fully saturated rings. The van der Waals surface area contributed by atoms with E-state index in [1.165, 1.54) is 65.6 Å². The summed E-state index contributed by atoms with van der Waals surface area (Å²) in [5.41, 5.74) is -0.249. The Morgan fingerprint density at radius 2 is 1.82 bits per heavy atom. The van der Waals surface area contributed by atoms with Gasteiger partial charge in [0, 0.05) is 55.9 Å². The fraction of sp³-hybridized carbons (Fsp3) is 0.214. The van der Waals surface area contributed by atoms with Crippen LogP contribution < -0.4 is 20.9 Å². The predicted octanol–water partition coefficient (Wildman–Crippen LogP) is 3.69. The maximum atomic E-state index is 14.8. The summed E-state index contributed by atoms with van der Waals surface area (Å²) >= 11 is 0. The maximum absolute atomic E-state index is 14.8. The molecule has 1 aliphatic rings. The van der Waals surface area contributed by atoms with Crippen LogP contribution in [0.2, 0.25) is 0 Å². The number of nitrogens with one attached hydrogen (secondary N) is 2. The Labute approximate surface area is 228 Å². The molecule has 0 atom stereocenters. The van der Waals surface area contributed by atoms with Gasteiger partial charge in [0.25, 0.3) is 11.5 Å². The molecule has 4 aromatic rings. The first-order valence-corrected chi connectivity index (χ1v) is 12.6. The van der Waals surface area contributed by atoms with Gasteiger partial charge in [0.15, 0.2) is 11.6 Å². The number of rotatable bonds is 9. The van der Waals surface area contributed by atoms with E-state index in [0.29, 0.717) is 18.1 Å². The Bertz CT molecular complexity index is 1540. The normalized spacial score (nSPS) is 13.6. The lowest BCUT2D eigenvalue weighted by Gasteiger charge is -2.26. The quantitative estimate of drug-likeness (QED) is 0.326. The molecule has 12 heteroatoms. The van der Waals surface area contributed by atoms with Crippen molar-refractivity contribution in [2.24, 2.45) is 0 Å². The lowest BCUT2D eigenvalue weighted by Crippen LogP contribution is -2.39. The van der Waals surface area contributed by atoms with Gasteiger partial charge in [0.2, 0.25) is 5.88 Å². The van der Waals surface area contributed by atoms with Crippen molar-refractivity contribution in [3.05, 3.63) is 101 Å². The summed E-state index contributed by atoms with van der Waals surface area (Å²) in [5, 5.41) is 5.72. The zero-order valence-electron chi connectivity index (χ0n) is 21.3. The molecular weight excluding hydrogens is 522 g/mol. The second-order valence-corrected chi connectivity index (χ2v) is 8.90. The number of carbonyl (C=O) groups is 1. The van der Waals surface area contributed by atoms with Crippen molar-refractivity contribution in [2.75, 3.05) is 50.0 Å². The molecule has 2 N–H and O–H groups in total. The van der Waals surface area contributed by atoms with Crippen LogP contribution in [0.1, 0.15) is 10.4 Å². The van der Waals surface area contributed by atoms with Gasteiger partial charge in [-0.05, 0) is 48.5 Å². The minimum absolute atomic E-state index is 0.102. The average molecular weight is 549 g/mol. The third-order valence-electron chi connectivity index (χ3n) is 6.18. The number of aromatic nitrogens is 3. The topological polar surface area (TPSA) is 111 Å². The van der Waals surface area contributed by atoms with E-state index >= 15 is 0 Å². The summed E-state index contributed by atoms with van der Waals surface area (Å²) in [6.45, 7) is 4.71. The van der Waals surface area contributed by atoms with Gasteiger partial charge in [-0.3, -0.25) is 19.1 Å². The van der Waals surface area contributed by atoms with E-state index in [1.807, 2.05) is 0 Å². The molecule has 0 spiro atoms. The van der Waals surface area contributed by atoms with E-state index in [0.717, 1.165) is 38.9 Å². The highest BCUT2D eigenvalue weighted by Gasteiger charge is 2.15. The van der Waals surface area contributed by atoms with Gasteiger partial charge in [-0.25, -0.2) is 18.7 Å². The van der Waals surface area contributed by atoms with Crippen LogP contribution in [0.5, 0.6) is 11.6 Å². The summed E-state index contributed by atoms with van der Waals surface area (Å²) in [5.74, 6) is -1.33. The zero-order chi connectivity index (χ0) is 27.9. The summed E-state index contributed by atoms with van der Waals surface area (Å²) in [4.78, 5) is 36.2. The van der Waals surface area contributed by atoms with Gasteiger partial charge in [-0.1, -0.05) is 0 Å². The summed E-state index contributed by atoms with van der Waals surface area (Å²) in [7, 11) is 0. The highest BCUT2D eigenvalue weighted by molar-refractivity contribution is 6.04. The minimum atomic E-state index is -0.741. The Hall–Kier alpha value is -4.68. The molecule has 0 radical (unpaired) electrons. The van der Waals surface area contributed by atoms with Crippen molar-refractivity contribution in [3.63, 3.8) is 0 Å². The highest BCUT2D eigenvalue weighted by Crippen LogP contribution is 2.26. The Balaban J connectivity index is 1.21. The smallest absolute Gasteiger partial charge is 0.267 e. The number of benzene rings is 2. The number of hydrogen-bond donors (Lipinski definition) is 2. The molecule has 2 aromatic carbocycles. The third kappa shape index (κ3) is 6.65. The third-order valence-corrected chi connectivity index (χ3v) is 6.18. The number of hydrogen-bond acceptors (Lipinski definition) is 8. The SMILES string of the molecule is O=C(Nc1ccc(Oc2cc(NCCN3CCOCC3)ncn2)c(F)c1)c1cccn(-c2ccc(F)cc2)c1=O. The van der Waals surface area contributed by atoms with Gasteiger partial charge >= 0.3 is 0 Å². The van der Waals surface area contributed by atoms with Crippen LogP contribution in [0.15, 0.2) is 78.0 Å². The van der Waals surface area contributed by atoms with Gasteiger partial charge < -0.3 is 20.1 Å². The van der Waals surface area contributed by atoms with Crippen molar-refractivity contribution in [2.45, 2.75) is 0 Å². The zero-order valence-corrected chi connectivity index (χ0v) is 21.3. The first-order valence-electron chi connectivity index (χ1n) is 12.6. The maximum Gasteiger partial charge on any atom is 0.267 e. The average Bonchev–Trinajstić information content (AvgIpc) is 2.96. The van der Waals surface area contributed by atoms with Crippen LogP contribution in [0.25, 0.3) is 5.69 Å². The van der Waals surface area contributed by atoms with Crippen molar-refractivity contribution in [1.29, 1.82) is 0 Å². The largest absolute Gasteiger partial charge is 0.436 e. The van der Waals surface area contributed by atoms with E-state index in [-0.39, 0.29) is 22.9 Å². The number of pyridine rings is 1. The molecule has 0 saturated carbocycles. The number of morpholine rings is 1. The van der Waals surface area contributed by atoms with Crippen molar-refractivity contribution < 1.29 is 23.0 Å². The van der Waals surface area contributed by atoms with E-state index in [1.54, 1.807) is 6.07 Å². The van der Waals surface area contributed by atoms with Crippen molar-refractivity contribution in [3.8, 4) is 17.3 Å². The van der Waals surface area contributed by atoms with Crippen LogP contribution in [0.4, 0.5) is 20.3 Å². The lowest BCUT2D eigenvalue weighted by molar-refractivity contribution is 0.0398. The summed E-state index contributed by atoms with van der Waals surface area (Å²) in [6.07, 6.45) is 2.79. The number of nitrogens with zero attached hydrogens (tertiary/aromatic N) is 4. The molecular formula is C28H26F2N6O4. The van der Waals surface area contributed by atoms with E-state index in [9.17, 15) is 18.4 Å². The predicted molar refractivity (Wildman–Crippen MR) is 144 cm³/mol. The molecule has 0 unspecified atom stereocenters. The molecule has 1 aliphatic heterocycles. The van der Waals surface area contributed by atoms with E-state index in [4.69, 9.17) is 9.47 Å². The number of ether oxygens (including phenoxy) is 2. The molecule has 3 heterocycles. The standard InChI is InChI=1S/C28H26F2N6O4/c29-19-3-6-21(7-4-19)36-10-1-2-22(28(36)38)27(37)34-20-5-8-24(23(30)16-20)40-26-17-25(32-18-33-26)31-9-11-35-12-14-39-15-13-35/h1-8,10,16-18H,9,11-15H2,(H,34,37)(H,31,32,33). The Morgan fingerprint density at radius 1 is 1.02 bits per heavy atom. The fourth-order valence-corrected chi connectivity index (χ4v) is 4.10. The second kappa shape index (κ2) is 12.5. The van der Waals surface area contributed by atoms with Crippen molar-refractivity contribution in [1.82, 2.24) is 19.4 Å². The summed E-state index contributed by atoms with van der Waals surface area (Å²) in [6, 6.07) is 13.6. The molecule has 0 aliphatic carbocycles. The van der Waals surface area contributed by atoms with Crippen LogP contribution in [-0.2, 0) is 4.74 Å². The van der Waals surface area contributed by atoms with Gasteiger partial charge in [-0.15, -0.1) is 0 Å². The number of halogens is 2. The van der Waals surface area contributed by atoms with Crippen LogP contribution >= 0.6 is 0 Å². The molecule has 206 valence electrons. The fourth-order valence-electron chi connectivity index (χ4n) is 4.10. The molecule has 1 amide bonds. The molecule has 40 heavy (non-hydrogen) atoms. The molecule has 5 rings (SSSR count). The molecule has 0 bridgehead atoms. The Kier molecular flexibility index (Phi) is 8.38. The first-order chi connectivity index (χ1) is 19.5. The van der Waals surface area contributed by atoms with Crippen LogP contribution in [0.3, 0.4) is 0 Å². The first kappa shape index (κ1) is 26.9. The van der Waals surface area contributed by atoms with Crippen LogP contribution in [-0.4, -0.2) is 64.7 Å². The Morgan fingerprint density at radius 3 is 2.60 bits per heavy atom. The van der Waals surface area contributed by atoms with Gasteiger partial charge in [0.1, 0.15) is 23.5 Å². The van der Waals surface area contributed by atoms with E-state index < -0.39 is 23.1 Å². The van der Waals surface area contributed by atoms with Crippen molar-refractivity contribution >= 4 is 17.4 Å². The molecule has 2 aromatic heterocycles. The molecule has 1 saturated heterocycles. The second-order valence-electron chi connectivity index (χ2n) is 8.90. The summed E-state index contributed by atoms with van der Waals surface area (Å²) < 4.78 is 40.3. The molecule has 10 nitrogen and oxygen atoms in total. The number of amides is 1.